The van der Waals surface area contributed by atoms with Gasteiger partial charge in [-0.05, 0) is 24.3 Å². The first kappa shape index (κ1) is 17.0. The number of hydrogen-bond acceptors (Lipinski definition) is 7. The molecule has 1 aliphatic rings. The number of anilines is 2. The van der Waals surface area contributed by atoms with Gasteiger partial charge in [0.1, 0.15) is 17.6 Å². The average molecular weight is 374 g/mol. The molecule has 27 heavy (non-hydrogen) atoms. The third-order valence-electron chi connectivity index (χ3n) is 4.33. The Morgan fingerprint density at radius 1 is 1.00 bits per heavy atom. The molecule has 0 unspecified atom stereocenters. The molecule has 0 aromatic carbocycles. The summed E-state index contributed by atoms with van der Waals surface area (Å²) in [6, 6.07) is 8.66. The molecule has 1 saturated heterocycles. The van der Waals surface area contributed by atoms with E-state index in [1.165, 1.54) is 6.07 Å². The highest BCUT2D eigenvalue weighted by Gasteiger charge is 2.37. The highest BCUT2D eigenvalue weighted by atomic mass is 19.4. The minimum absolute atomic E-state index is 0.0468. The highest BCUT2D eigenvalue weighted by Crippen LogP contribution is 2.28. The lowest BCUT2D eigenvalue weighted by Crippen LogP contribution is -2.47. The van der Waals surface area contributed by atoms with Crippen LogP contribution in [0.15, 0.2) is 30.5 Å². The van der Waals surface area contributed by atoms with Crippen LogP contribution in [-0.4, -0.2) is 51.0 Å². The summed E-state index contributed by atoms with van der Waals surface area (Å²) in [7, 11) is 0. The van der Waals surface area contributed by atoms with Gasteiger partial charge in [-0.15, -0.1) is 15.3 Å². The van der Waals surface area contributed by atoms with Gasteiger partial charge in [-0.3, -0.25) is 0 Å². The molecule has 0 bridgehead atoms. The Hall–Kier alpha value is -3.42. The van der Waals surface area contributed by atoms with E-state index in [0.717, 1.165) is 10.2 Å². The fourth-order valence-corrected chi connectivity index (χ4v) is 3.00. The van der Waals surface area contributed by atoms with Crippen molar-refractivity contribution in [3.8, 4) is 6.07 Å². The van der Waals surface area contributed by atoms with E-state index in [0.29, 0.717) is 37.7 Å². The zero-order chi connectivity index (χ0) is 19.0. The van der Waals surface area contributed by atoms with Crippen LogP contribution < -0.4 is 9.80 Å². The minimum atomic E-state index is -4.62. The second-order valence-corrected chi connectivity index (χ2v) is 5.97. The van der Waals surface area contributed by atoms with Crippen molar-refractivity contribution in [1.29, 1.82) is 5.26 Å². The molecule has 1 aliphatic heterocycles. The molecule has 0 atom stereocenters. The lowest BCUT2D eigenvalue weighted by Gasteiger charge is -2.36. The molecule has 138 valence electrons. The van der Waals surface area contributed by atoms with Crippen molar-refractivity contribution in [3.63, 3.8) is 0 Å². The number of alkyl halides is 3. The summed E-state index contributed by atoms with van der Waals surface area (Å²) in [6.07, 6.45) is -3.04. The van der Waals surface area contributed by atoms with E-state index in [-0.39, 0.29) is 5.65 Å². The van der Waals surface area contributed by atoms with Gasteiger partial charge >= 0.3 is 6.18 Å². The van der Waals surface area contributed by atoms with Gasteiger partial charge < -0.3 is 9.80 Å². The molecule has 1 fully saturated rings. The first-order valence-electron chi connectivity index (χ1n) is 8.11. The van der Waals surface area contributed by atoms with Crippen molar-refractivity contribution < 1.29 is 13.2 Å². The van der Waals surface area contributed by atoms with E-state index in [1.54, 1.807) is 18.3 Å². The van der Waals surface area contributed by atoms with Gasteiger partial charge in [0.15, 0.2) is 5.65 Å². The fraction of sp³-hybridized carbons (Fsp3) is 0.312. The molecule has 3 aromatic rings. The van der Waals surface area contributed by atoms with Gasteiger partial charge in [-0.25, -0.2) is 4.98 Å². The molecular weight excluding hydrogens is 361 g/mol. The van der Waals surface area contributed by atoms with E-state index >= 15 is 0 Å². The van der Waals surface area contributed by atoms with Crippen LogP contribution in [0, 0.1) is 11.3 Å². The van der Waals surface area contributed by atoms with Crippen LogP contribution in [0.3, 0.4) is 0 Å². The van der Waals surface area contributed by atoms with Crippen LogP contribution in [0.1, 0.15) is 11.5 Å². The number of aromatic nitrogens is 5. The van der Waals surface area contributed by atoms with Gasteiger partial charge in [0, 0.05) is 38.1 Å². The molecule has 3 aromatic heterocycles. The summed E-state index contributed by atoms with van der Waals surface area (Å²) in [5.41, 5.74) is 1.28. The predicted octanol–water partition coefficient (Wildman–Crippen LogP) is 1.74. The maximum atomic E-state index is 13.0. The van der Waals surface area contributed by atoms with Gasteiger partial charge in [-0.2, -0.15) is 22.9 Å². The summed E-state index contributed by atoms with van der Waals surface area (Å²) in [6.45, 7) is 2.43. The fourth-order valence-electron chi connectivity index (χ4n) is 3.00. The van der Waals surface area contributed by atoms with E-state index in [4.69, 9.17) is 5.26 Å². The average Bonchev–Trinajstić information content (AvgIpc) is 3.12. The second-order valence-electron chi connectivity index (χ2n) is 5.97. The zero-order valence-electron chi connectivity index (χ0n) is 13.9. The lowest BCUT2D eigenvalue weighted by molar-refractivity contribution is -0.146. The Kier molecular flexibility index (Phi) is 4.02. The van der Waals surface area contributed by atoms with Crippen LogP contribution >= 0.6 is 0 Å². The molecule has 11 heteroatoms. The van der Waals surface area contributed by atoms with Crippen LogP contribution in [0.4, 0.5) is 24.7 Å². The number of nitriles is 1. The number of piperazine rings is 1. The van der Waals surface area contributed by atoms with Gasteiger partial charge in [-0.1, -0.05) is 0 Å². The summed E-state index contributed by atoms with van der Waals surface area (Å²) < 4.78 is 39.8. The van der Waals surface area contributed by atoms with Crippen LogP contribution in [0.2, 0.25) is 0 Å². The largest absolute Gasteiger partial charge is 0.453 e. The molecule has 4 heterocycles. The van der Waals surface area contributed by atoms with Crippen LogP contribution in [0.25, 0.3) is 5.65 Å². The Morgan fingerprint density at radius 2 is 1.74 bits per heavy atom. The Bertz CT molecular complexity index is 1010. The topological polar surface area (TPSA) is 86.2 Å². The minimum Gasteiger partial charge on any atom is -0.368 e. The number of pyridine rings is 1. The van der Waals surface area contributed by atoms with E-state index < -0.39 is 12.0 Å². The molecule has 4 rings (SSSR count). The van der Waals surface area contributed by atoms with Crippen molar-refractivity contribution in [2.45, 2.75) is 6.18 Å². The molecule has 0 amide bonds. The van der Waals surface area contributed by atoms with Crippen molar-refractivity contribution >= 4 is 17.2 Å². The van der Waals surface area contributed by atoms with Gasteiger partial charge in [0.2, 0.25) is 0 Å². The first-order chi connectivity index (χ1) is 13.0. The Balaban J connectivity index is 1.53. The number of fused-ring (bicyclic) bond motifs is 1. The van der Waals surface area contributed by atoms with Crippen LogP contribution in [0.5, 0.6) is 0 Å². The van der Waals surface area contributed by atoms with Gasteiger partial charge in [0.25, 0.3) is 5.82 Å². The molecule has 0 aliphatic carbocycles. The van der Waals surface area contributed by atoms with Crippen LogP contribution in [-0.2, 0) is 6.18 Å². The number of halogens is 3. The summed E-state index contributed by atoms with van der Waals surface area (Å²) in [5, 5.41) is 19.7. The van der Waals surface area contributed by atoms with E-state index in [9.17, 15) is 13.2 Å². The van der Waals surface area contributed by atoms with Crippen molar-refractivity contribution in [1.82, 2.24) is 24.8 Å². The first-order valence-corrected chi connectivity index (χ1v) is 8.11. The summed E-state index contributed by atoms with van der Waals surface area (Å²) in [4.78, 5) is 7.95. The predicted molar refractivity (Wildman–Crippen MR) is 89.2 cm³/mol. The van der Waals surface area contributed by atoms with E-state index in [1.807, 2.05) is 17.0 Å². The number of rotatable bonds is 2. The number of nitrogens with zero attached hydrogens (tertiary/aromatic N) is 8. The molecule has 0 radical (unpaired) electrons. The lowest BCUT2D eigenvalue weighted by atomic mass is 10.2. The quantitative estimate of drug-likeness (QED) is 0.675. The van der Waals surface area contributed by atoms with Crippen molar-refractivity contribution in [2.75, 3.05) is 36.0 Å². The molecule has 0 N–H and O–H groups in total. The summed E-state index contributed by atoms with van der Waals surface area (Å²) >= 11 is 0. The van der Waals surface area contributed by atoms with Crippen molar-refractivity contribution in [2.24, 2.45) is 0 Å². The maximum Gasteiger partial charge on any atom is 0.453 e. The third-order valence-corrected chi connectivity index (χ3v) is 4.33. The molecular formula is C16H13F3N8. The molecule has 0 spiro atoms. The standard InChI is InChI=1S/C16H13F3N8/c17-16(18,19)15-23-22-13-1-2-14(24-27(13)15)26-7-5-25(6-8-26)12-3-4-21-11(9-12)10-20/h1-4,9H,5-8H2. The highest BCUT2D eigenvalue weighted by molar-refractivity contribution is 5.52. The zero-order valence-corrected chi connectivity index (χ0v) is 13.9. The Morgan fingerprint density at radius 3 is 2.44 bits per heavy atom. The SMILES string of the molecule is N#Cc1cc(N2CCN(c3ccc4nnc(C(F)(F)F)n4n3)CC2)ccn1. The summed E-state index contributed by atoms with van der Waals surface area (Å²) in [5.74, 6) is -0.710. The monoisotopic (exact) mass is 374 g/mol. The normalized spacial score (nSPS) is 15.2. The van der Waals surface area contributed by atoms with Crippen molar-refractivity contribution in [3.05, 3.63) is 42.0 Å². The Labute approximate surface area is 151 Å². The third kappa shape index (κ3) is 3.21. The maximum absolute atomic E-state index is 13.0. The number of hydrogen-bond donors (Lipinski definition) is 0. The smallest absolute Gasteiger partial charge is 0.368 e. The van der Waals surface area contributed by atoms with E-state index in [2.05, 4.69) is 25.2 Å². The molecule has 0 saturated carbocycles. The van der Waals surface area contributed by atoms with Gasteiger partial charge in [0.05, 0.1) is 0 Å². The second kappa shape index (κ2) is 6.39. The molecule has 8 nitrogen and oxygen atoms in total.